The molecule has 20 heavy (non-hydrogen) atoms. The van der Waals surface area contributed by atoms with Gasteiger partial charge < -0.3 is 14.6 Å². The van der Waals surface area contributed by atoms with E-state index in [4.69, 9.17) is 4.74 Å². The molecular formula is C14H21N5O. The number of hydrogen-bond donors (Lipinski definition) is 1. The lowest BCUT2D eigenvalue weighted by Gasteiger charge is -2.13. The van der Waals surface area contributed by atoms with Crippen LogP contribution in [0, 0.1) is 0 Å². The Labute approximate surface area is 119 Å². The zero-order chi connectivity index (χ0) is 14.4. The van der Waals surface area contributed by atoms with E-state index in [9.17, 15) is 0 Å². The third kappa shape index (κ3) is 3.07. The molecule has 6 heteroatoms. The van der Waals surface area contributed by atoms with E-state index in [0.717, 1.165) is 36.8 Å². The van der Waals surface area contributed by atoms with Crippen LogP contribution in [0.1, 0.15) is 31.8 Å². The maximum Gasteiger partial charge on any atom is 0.183 e. The summed E-state index contributed by atoms with van der Waals surface area (Å²) in [5, 5.41) is 3.26. The maximum absolute atomic E-state index is 5.47. The number of rotatable bonds is 7. The maximum atomic E-state index is 5.47. The van der Waals surface area contributed by atoms with Crippen molar-refractivity contribution in [2.75, 3.05) is 19.0 Å². The Bertz CT molecular complexity index is 552. The van der Waals surface area contributed by atoms with Gasteiger partial charge in [0.15, 0.2) is 11.6 Å². The predicted molar refractivity (Wildman–Crippen MR) is 78.1 cm³/mol. The Morgan fingerprint density at radius 1 is 1.25 bits per heavy atom. The summed E-state index contributed by atoms with van der Waals surface area (Å²) in [4.78, 5) is 13.0. The lowest BCUT2D eigenvalue weighted by atomic mass is 10.2. The first-order valence-corrected chi connectivity index (χ1v) is 6.91. The first kappa shape index (κ1) is 14.3. The SMILES string of the molecule is CCCNc1ncnc(Cc2nccn2CC)c1OC. The number of aryl methyl sites for hydroxylation is 1. The van der Waals surface area contributed by atoms with Crippen molar-refractivity contribution in [2.24, 2.45) is 0 Å². The Morgan fingerprint density at radius 2 is 2.10 bits per heavy atom. The summed E-state index contributed by atoms with van der Waals surface area (Å²) in [7, 11) is 1.64. The van der Waals surface area contributed by atoms with Gasteiger partial charge in [-0.25, -0.2) is 15.0 Å². The van der Waals surface area contributed by atoms with Gasteiger partial charge >= 0.3 is 0 Å². The summed E-state index contributed by atoms with van der Waals surface area (Å²) in [5.74, 6) is 2.42. The summed E-state index contributed by atoms with van der Waals surface area (Å²) in [6.45, 7) is 5.95. The molecule has 2 aromatic heterocycles. The Balaban J connectivity index is 2.27. The highest BCUT2D eigenvalue weighted by molar-refractivity contribution is 5.52. The van der Waals surface area contributed by atoms with Crippen LogP contribution in [-0.2, 0) is 13.0 Å². The van der Waals surface area contributed by atoms with Crippen LogP contribution in [-0.4, -0.2) is 33.2 Å². The highest BCUT2D eigenvalue weighted by Gasteiger charge is 2.14. The standard InChI is InChI=1S/C14H21N5O/c1-4-6-16-14-13(20-3)11(17-10-18-14)9-12-15-7-8-19(12)5-2/h7-8,10H,4-6,9H2,1-3H3,(H,16,17,18). The third-order valence-electron chi connectivity index (χ3n) is 3.09. The van der Waals surface area contributed by atoms with Crippen molar-refractivity contribution < 1.29 is 4.74 Å². The van der Waals surface area contributed by atoms with E-state index in [2.05, 4.69) is 38.7 Å². The molecule has 0 radical (unpaired) electrons. The normalized spacial score (nSPS) is 10.6. The summed E-state index contributed by atoms with van der Waals surface area (Å²) >= 11 is 0. The highest BCUT2D eigenvalue weighted by atomic mass is 16.5. The molecule has 1 N–H and O–H groups in total. The fraction of sp³-hybridized carbons (Fsp3) is 0.500. The number of nitrogens with zero attached hydrogens (tertiary/aromatic N) is 4. The molecule has 0 saturated carbocycles. The van der Waals surface area contributed by atoms with E-state index in [0.29, 0.717) is 12.2 Å². The zero-order valence-corrected chi connectivity index (χ0v) is 12.3. The van der Waals surface area contributed by atoms with E-state index >= 15 is 0 Å². The molecule has 0 spiro atoms. The van der Waals surface area contributed by atoms with Crippen molar-refractivity contribution >= 4 is 5.82 Å². The fourth-order valence-electron chi connectivity index (χ4n) is 2.06. The number of anilines is 1. The van der Waals surface area contributed by atoms with Gasteiger partial charge in [0, 0.05) is 25.5 Å². The number of hydrogen-bond acceptors (Lipinski definition) is 5. The van der Waals surface area contributed by atoms with Crippen molar-refractivity contribution in [3.8, 4) is 5.75 Å². The van der Waals surface area contributed by atoms with Crippen LogP contribution in [0.15, 0.2) is 18.7 Å². The van der Waals surface area contributed by atoms with Crippen LogP contribution in [0.4, 0.5) is 5.82 Å². The zero-order valence-electron chi connectivity index (χ0n) is 12.3. The highest BCUT2D eigenvalue weighted by Crippen LogP contribution is 2.26. The largest absolute Gasteiger partial charge is 0.491 e. The van der Waals surface area contributed by atoms with Gasteiger partial charge in [-0.15, -0.1) is 0 Å². The third-order valence-corrected chi connectivity index (χ3v) is 3.09. The second-order valence-corrected chi connectivity index (χ2v) is 4.44. The van der Waals surface area contributed by atoms with Gasteiger partial charge in [-0.05, 0) is 13.3 Å². The monoisotopic (exact) mass is 275 g/mol. The van der Waals surface area contributed by atoms with Crippen LogP contribution in [0.2, 0.25) is 0 Å². The summed E-state index contributed by atoms with van der Waals surface area (Å²) < 4.78 is 7.57. The van der Waals surface area contributed by atoms with E-state index in [1.807, 2.05) is 12.4 Å². The van der Waals surface area contributed by atoms with Crippen LogP contribution < -0.4 is 10.1 Å². The molecule has 0 aromatic carbocycles. The second kappa shape index (κ2) is 6.88. The van der Waals surface area contributed by atoms with Crippen LogP contribution in [0.25, 0.3) is 0 Å². The summed E-state index contributed by atoms with van der Waals surface area (Å²) in [6, 6.07) is 0. The van der Waals surface area contributed by atoms with Crippen molar-refractivity contribution in [2.45, 2.75) is 33.2 Å². The molecule has 0 bridgehead atoms. The van der Waals surface area contributed by atoms with Crippen molar-refractivity contribution in [1.82, 2.24) is 19.5 Å². The quantitative estimate of drug-likeness (QED) is 0.838. The van der Waals surface area contributed by atoms with E-state index in [1.165, 1.54) is 0 Å². The molecule has 108 valence electrons. The van der Waals surface area contributed by atoms with Gasteiger partial charge in [-0.3, -0.25) is 0 Å². The number of imidazole rings is 1. The van der Waals surface area contributed by atoms with Crippen LogP contribution >= 0.6 is 0 Å². The smallest absolute Gasteiger partial charge is 0.183 e. The molecule has 2 rings (SSSR count). The molecule has 0 amide bonds. The Hall–Kier alpha value is -2.11. The minimum Gasteiger partial charge on any atom is -0.491 e. The average Bonchev–Trinajstić information content (AvgIpc) is 2.92. The Morgan fingerprint density at radius 3 is 2.80 bits per heavy atom. The second-order valence-electron chi connectivity index (χ2n) is 4.44. The summed E-state index contributed by atoms with van der Waals surface area (Å²) in [6.07, 6.45) is 7.01. The lowest BCUT2D eigenvalue weighted by Crippen LogP contribution is -2.09. The van der Waals surface area contributed by atoms with Crippen molar-refractivity contribution in [3.05, 3.63) is 30.2 Å². The Kier molecular flexibility index (Phi) is 4.92. The van der Waals surface area contributed by atoms with Crippen molar-refractivity contribution in [3.63, 3.8) is 0 Å². The number of ether oxygens (including phenoxy) is 1. The summed E-state index contributed by atoms with van der Waals surface area (Å²) in [5.41, 5.74) is 0.849. The fourth-order valence-corrected chi connectivity index (χ4v) is 2.06. The van der Waals surface area contributed by atoms with E-state index in [1.54, 1.807) is 13.4 Å². The molecule has 0 atom stereocenters. The van der Waals surface area contributed by atoms with E-state index < -0.39 is 0 Å². The molecule has 0 unspecified atom stereocenters. The molecule has 0 aliphatic rings. The molecule has 2 heterocycles. The molecule has 0 saturated heterocycles. The molecule has 0 fully saturated rings. The minimum absolute atomic E-state index is 0.632. The minimum atomic E-state index is 0.632. The molecular weight excluding hydrogens is 254 g/mol. The number of aromatic nitrogens is 4. The number of nitrogens with one attached hydrogen (secondary N) is 1. The topological polar surface area (TPSA) is 64.9 Å². The van der Waals surface area contributed by atoms with E-state index in [-0.39, 0.29) is 0 Å². The van der Waals surface area contributed by atoms with Crippen LogP contribution in [0.3, 0.4) is 0 Å². The predicted octanol–water partition coefficient (Wildman–Crippen LogP) is 2.11. The number of methoxy groups -OCH3 is 1. The van der Waals surface area contributed by atoms with Gasteiger partial charge in [0.1, 0.15) is 12.2 Å². The first-order chi connectivity index (χ1) is 9.80. The van der Waals surface area contributed by atoms with Gasteiger partial charge in [-0.2, -0.15) is 0 Å². The van der Waals surface area contributed by atoms with Gasteiger partial charge in [-0.1, -0.05) is 6.92 Å². The average molecular weight is 275 g/mol. The van der Waals surface area contributed by atoms with Gasteiger partial charge in [0.25, 0.3) is 0 Å². The molecule has 0 aliphatic carbocycles. The van der Waals surface area contributed by atoms with Crippen LogP contribution in [0.5, 0.6) is 5.75 Å². The van der Waals surface area contributed by atoms with Gasteiger partial charge in [0.2, 0.25) is 0 Å². The molecule has 6 nitrogen and oxygen atoms in total. The van der Waals surface area contributed by atoms with Crippen molar-refractivity contribution in [1.29, 1.82) is 0 Å². The lowest BCUT2D eigenvalue weighted by molar-refractivity contribution is 0.407. The van der Waals surface area contributed by atoms with Gasteiger partial charge in [0.05, 0.1) is 19.2 Å². The molecule has 2 aromatic rings. The molecule has 0 aliphatic heterocycles. The first-order valence-electron chi connectivity index (χ1n) is 6.91.